The van der Waals surface area contributed by atoms with Crippen molar-refractivity contribution < 1.29 is 14.6 Å². The van der Waals surface area contributed by atoms with Crippen LogP contribution in [-0.2, 0) is 6.61 Å². The Balaban J connectivity index is 1.20. The van der Waals surface area contributed by atoms with Gasteiger partial charge < -0.3 is 25.0 Å². The second kappa shape index (κ2) is 12.3. The summed E-state index contributed by atoms with van der Waals surface area (Å²) in [7, 11) is 0. The minimum Gasteiger partial charge on any atom is -0.486 e. The van der Waals surface area contributed by atoms with Gasteiger partial charge in [0.1, 0.15) is 24.5 Å². The van der Waals surface area contributed by atoms with Crippen LogP contribution in [0.3, 0.4) is 0 Å². The van der Waals surface area contributed by atoms with Crippen molar-refractivity contribution in [3.05, 3.63) is 84.0 Å². The first-order chi connectivity index (χ1) is 21.2. The van der Waals surface area contributed by atoms with Crippen molar-refractivity contribution in [3.63, 3.8) is 0 Å². The highest BCUT2D eigenvalue weighted by Crippen LogP contribution is 2.37. The normalized spacial score (nSPS) is 15.4. The Labute approximate surface area is 264 Å². The van der Waals surface area contributed by atoms with E-state index in [0.29, 0.717) is 42.8 Å². The summed E-state index contributed by atoms with van der Waals surface area (Å²) in [4.78, 5) is 34.6. The third-order valence-electron chi connectivity index (χ3n) is 7.61. The van der Waals surface area contributed by atoms with Crippen molar-refractivity contribution in [1.82, 2.24) is 24.8 Å². The Morgan fingerprint density at radius 2 is 1.95 bits per heavy atom. The van der Waals surface area contributed by atoms with E-state index in [1.807, 2.05) is 48.7 Å². The Hall–Kier alpha value is -4.48. The van der Waals surface area contributed by atoms with Gasteiger partial charge in [-0.05, 0) is 53.4 Å². The zero-order valence-electron chi connectivity index (χ0n) is 24.6. The molecule has 1 fully saturated rings. The second-order valence-corrected chi connectivity index (χ2v) is 13.1. The number of benzene rings is 2. The lowest BCUT2D eigenvalue weighted by molar-refractivity contribution is 0.0748. The molecule has 2 aromatic carbocycles. The first-order valence-corrected chi connectivity index (χ1v) is 15.4. The van der Waals surface area contributed by atoms with E-state index >= 15 is 0 Å². The molecule has 0 spiro atoms. The van der Waals surface area contributed by atoms with Crippen LogP contribution in [0.5, 0.6) is 5.75 Å². The number of nitrogens with one attached hydrogen (secondary N) is 1. The highest BCUT2D eigenvalue weighted by molar-refractivity contribution is 7.18. The van der Waals surface area contributed by atoms with Gasteiger partial charge in [-0.25, -0.2) is 19.7 Å². The number of pyridine rings is 1. The molecule has 12 heteroatoms. The zero-order chi connectivity index (χ0) is 30.8. The highest BCUT2D eigenvalue weighted by atomic mass is 35.5. The maximum Gasteiger partial charge on any atom is 0.407 e. The maximum absolute atomic E-state index is 11.9. The van der Waals surface area contributed by atoms with Gasteiger partial charge in [-0.2, -0.15) is 0 Å². The molecule has 3 aromatic heterocycles. The molecular weight excluding hydrogens is 598 g/mol. The van der Waals surface area contributed by atoms with Gasteiger partial charge in [-0.1, -0.05) is 55.8 Å². The fourth-order valence-corrected chi connectivity index (χ4v) is 6.43. The van der Waals surface area contributed by atoms with Crippen LogP contribution in [0.4, 0.5) is 21.4 Å². The average molecular weight is 630 g/mol. The summed E-state index contributed by atoms with van der Waals surface area (Å²) in [5.74, 6) is 1.22. The quantitative estimate of drug-likeness (QED) is 0.191. The van der Waals surface area contributed by atoms with Crippen molar-refractivity contribution in [2.75, 3.05) is 29.9 Å². The number of halogens is 1. The van der Waals surface area contributed by atoms with Gasteiger partial charge in [-0.3, -0.25) is 4.98 Å². The van der Waals surface area contributed by atoms with Gasteiger partial charge in [0.2, 0.25) is 0 Å². The lowest BCUT2D eigenvalue weighted by Crippen LogP contribution is -2.59. The third-order valence-corrected chi connectivity index (χ3v) is 9.01. The number of fused-ring (bicyclic) bond motifs is 1. The van der Waals surface area contributed by atoms with Crippen LogP contribution >= 0.6 is 22.9 Å². The molecule has 1 aliphatic heterocycles. The summed E-state index contributed by atoms with van der Waals surface area (Å²) < 4.78 is 5.86. The van der Waals surface area contributed by atoms with Crippen LogP contribution in [0.2, 0.25) is 5.02 Å². The van der Waals surface area contributed by atoms with Crippen molar-refractivity contribution in [2.45, 2.75) is 33.4 Å². The van der Waals surface area contributed by atoms with E-state index in [4.69, 9.17) is 21.3 Å². The molecule has 1 aliphatic rings. The molecular formula is C32H32ClN7O3S. The number of hydrogen-bond acceptors (Lipinski definition) is 9. The molecule has 226 valence electrons. The van der Waals surface area contributed by atoms with Crippen molar-refractivity contribution >= 4 is 56.6 Å². The first-order valence-electron chi connectivity index (χ1n) is 14.2. The van der Waals surface area contributed by atoms with Gasteiger partial charge in [-0.15, -0.1) is 0 Å². The number of thiazole rings is 1. The average Bonchev–Trinajstić information content (AvgIpc) is 3.51. The van der Waals surface area contributed by atoms with Gasteiger partial charge in [0, 0.05) is 43.1 Å². The summed E-state index contributed by atoms with van der Waals surface area (Å²) in [5.41, 5.74) is 3.18. The number of ether oxygens (including phenoxy) is 1. The van der Waals surface area contributed by atoms with Gasteiger partial charge >= 0.3 is 6.09 Å². The summed E-state index contributed by atoms with van der Waals surface area (Å²) >= 11 is 8.14. The van der Waals surface area contributed by atoms with Crippen LogP contribution in [0.25, 0.3) is 21.3 Å². The highest BCUT2D eigenvalue weighted by Gasteiger charge is 2.38. The van der Waals surface area contributed by atoms with Crippen LogP contribution in [0, 0.1) is 5.41 Å². The Morgan fingerprint density at radius 3 is 2.70 bits per heavy atom. The van der Waals surface area contributed by atoms with Crippen LogP contribution in [0.15, 0.2) is 73.3 Å². The predicted molar refractivity (Wildman–Crippen MR) is 174 cm³/mol. The molecule has 2 N–H and O–H groups in total. The second-order valence-electron chi connectivity index (χ2n) is 11.6. The zero-order valence-corrected chi connectivity index (χ0v) is 26.1. The Kier molecular flexibility index (Phi) is 8.24. The molecule has 4 heterocycles. The van der Waals surface area contributed by atoms with E-state index in [2.05, 4.69) is 52.0 Å². The first kappa shape index (κ1) is 29.6. The van der Waals surface area contributed by atoms with Gasteiger partial charge in [0.15, 0.2) is 5.13 Å². The van der Waals surface area contributed by atoms with E-state index in [9.17, 15) is 9.90 Å². The number of nitrogens with zero attached hydrogens (tertiary/aromatic N) is 6. The summed E-state index contributed by atoms with van der Waals surface area (Å²) in [6.07, 6.45) is 4.26. The number of piperazine rings is 1. The van der Waals surface area contributed by atoms with Gasteiger partial charge in [0.25, 0.3) is 0 Å². The van der Waals surface area contributed by atoms with E-state index in [1.54, 1.807) is 28.5 Å². The fourth-order valence-electron chi connectivity index (χ4n) is 5.25. The van der Waals surface area contributed by atoms with Crippen LogP contribution < -0.4 is 15.0 Å². The lowest BCUT2D eigenvalue weighted by Gasteiger charge is -2.45. The van der Waals surface area contributed by atoms with E-state index in [0.717, 1.165) is 37.9 Å². The number of aromatic nitrogens is 4. The molecule has 10 nitrogen and oxygen atoms in total. The third kappa shape index (κ3) is 6.39. The molecule has 0 saturated carbocycles. The number of anilines is 3. The molecule has 0 radical (unpaired) electrons. The van der Waals surface area contributed by atoms with Crippen molar-refractivity contribution in [1.29, 1.82) is 0 Å². The summed E-state index contributed by atoms with van der Waals surface area (Å²) in [5, 5.41) is 15.3. The van der Waals surface area contributed by atoms with Gasteiger partial charge in [0.05, 0.1) is 27.2 Å². The Morgan fingerprint density at radius 1 is 1.09 bits per heavy atom. The van der Waals surface area contributed by atoms with Crippen molar-refractivity contribution in [2.24, 2.45) is 5.41 Å². The van der Waals surface area contributed by atoms with E-state index in [-0.39, 0.29) is 11.5 Å². The van der Waals surface area contributed by atoms with Crippen LogP contribution in [-0.4, -0.2) is 61.7 Å². The number of hydrogen-bond donors (Lipinski definition) is 2. The number of carboxylic acid groups (broad SMARTS) is 1. The molecule has 1 amide bonds. The summed E-state index contributed by atoms with van der Waals surface area (Å²) in [6, 6.07) is 17.1. The van der Waals surface area contributed by atoms with Crippen LogP contribution in [0.1, 0.15) is 26.5 Å². The molecule has 5 aromatic rings. The van der Waals surface area contributed by atoms with Crippen molar-refractivity contribution in [3.8, 4) is 16.2 Å². The molecule has 1 atom stereocenters. The predicted octanol–water partition coefficient (Wildman–Crippen LogP) is 7.34. The molecule has 0 aliphatic carbocycles. The minimum atomic E-state index is -0.876. The smallest absolute Gasteiger partial charge is 0.407 e. The van der Waals surface area contributed by atoms with E-state index < -0.39 is 6.09 Å². The monoisotopic (exact) mass is 629 g/mol. The SMILES string of the molecule is CC(C)(C)C1CN(c2ncc(-c3ccc4ncnc(Nc5ccc(OCc6ccccn6)c(Cl)c5)c4c3)s2)CCN1C(=O)O. The molecule has 0 bridgehead atoms. The molecule has 6 rings (SSSR count). The Bertz CT molecular complexity index is 1790. The standard InChI is InChI=1S/C32H32ClN7O3S/c1-32(2,3)28-17-39(12-13-40(28)31(41)42)30-35-16-27(44-30)20-7-9-25-23(14-20)29(37-19-36-25)38-21-8-10-26(24(33)15-21)43-18-22-6-4-5-11-34-22/h4-11,14-16,19,28H,12-13,17-18H2,1-3H3,(H,41,42)(H,36,37,38). The molecule has 1 unspecified atom stereocenters. The lowest BCUT2D eigenvalue weighted by atomic mass is 9.84. The minimum absolute atomic E-state index is 0.137. The number of amides is 1. The largest absolute Gasteiger partial charge is 0.486 e. The number of carbonyl (C=O) groups is 1. The maximum atomic E-state index is 11.9. The fraction of sp³-hybridized carbons (Fsp3) is 0.281. The summed E-state index contributed by atoms with van der Waals surface area (Å²) in [6.45, 7) is 8.18. The number of rotatable bonds is 7. The van der Waals surface area contributed by atoms with E-state index in [1.165, 1.54) is 6.33 Å². The molecule has 1 saturated heterocycles. The topological polar surface area (TPSA) is 117 Å². The molecule has 44 heavy (non-hydrogen) atoms.